The summed E-state index contributed by atoms with van der Waals surface area (Å²) in [4.78, 5) is 23.4. The Morgan fingerprint density at radius 3 is 2.50 bits per heavy atom. The fraction of sp³-hybridized carbons (Fsp3) is 0.500. The molecule has 0 unspecified atom stereocenters. The zero-order valence-electron chi connectivity index (χ0n) is 11.8. The molecule has 2 rings (SSSR count). The van der Waals surface area contributed by atoms with Gasteiger partial charge in [-0.25, -0.2) is 4.79 Å². The molecule has 0 spiro atoms. The average Bonchev–Trinajstić information content (AvgIpc) is 2.88. The minimum Gasteiger partial charge on any atom is -0.480 e. The lowest BCUT2D eigenvalue weighted by Crippen LogP contribution is -2.52. The molecule has 1 saturated carbocycles. The van der Waals surface area contributed by atoms with E-state index in [-0.39, 0.29) is 5.91 Å². The molecule has 108 valence electrons. The number of carboxylic acids is 1. The van der Waals surface area contributed by atoms with E-state index in [9.17, 15) is 14.7 Å². The van der Waals surface area contributed by atoms with Crippen molar-refractivity contribution in [2.45, 2.75) is 51.0 Å². The van der Waals surface area contributed by atoms with Gasteiger partial charge < -0.3 is 10.4 Å². The van der Waals surface area contributed by atoms with Crippen LogP contribution in [0.25, 0.3) is 0 Å². The van der Waals surface area contributed by atoms with Gasteiger partial charge in [0.25, 0.3) is 0 Å². The third kappa shape index (κ3) is 3.18. The van der Waals surface area contributed by atoms with Crippen LogP contribution in [0.2, 0.25) is 0 Å². The van der Waals surface area contributed by atoms with Gasteiger partial charge in [-0.1, -0.05) is 37.1 Å². The molecule has 1 aromatic carbocycles. The summed E-state index contributed by atoms with van der Waals surface area (Å²) in [5, 5.41) is 12.1. The number of amides is 1. The Kier molecular flexibility index (Phi) is 4.42. The van der Waals surface area contributed by atoms with Crippen molar-refractivity contribution in [1.29, 1.82) is 0 Å². The number of carbonyl (C=O) groups is 2. The lowest BCUT2D eigenvalue weighted by atomic mass is 9.97. The van der Waals surface area contributed by atoms with Gasteiger partial charge in [0, 0.05) is 6.42 Å². The van der Waals surface area contributed by atoms with Crippen LogP contribution < -0.4 is 5.32 Å². The highest BCUT2D eigenvalue weighted by Gasteiger charge is 2.42. The van der Waals surface area contributed by atoms with Crippen LogP contribution in [0, 0.1) is 6.92 Å². The predicted molar refractivity (Wildman–Crippen MR) is 76.5 cm³/mol. The van der Waals surface area contributed by atoms with E-state index in [1.807, 2.05) is 31.2 Å². The predicted octanol–water partition coefficient (Wildman–Crippen LogP) is 2.44. The van der Waals surface area contributed by atoms with Gasteiger partial charge in [0.1, 0.15) is 5.54 Å². The van der Waals surface area contributed by atoms with Crippen molar-refractivity contribution in [2.24, 2.45) is 0 Å². The second-order valence-corrected chi connectivity index (χ2v) is 5.57. The summed E-state index contributed by atoms with van der Waals surface area (Å²) in [5.74, 6) is -1.07. The summed E-state index contributed by atoms with van der Waals surface area (Å²) >= 11 is 0. The molecule has 0 aliphatic heterocycles. The van der Waals surface area contributed by atoms with Crippen LogP contribution in [0.15, 0.2) is 24.3 Å². The van der Waals surface area contributed by atoms with Gasteiger partial charge in [-0.15, -0.1) is 0 Å². The van der Waals surface area contributed by atoms with E-state index in [1.165, 1.54) is 0 Å². The fourth-order valence-electron chi connectivity index (χ4n) is 2.84. The van der Waals surface area contributed by atoms with Crippen LogP contribution in [0.5, 0.6) is 0 Å². The Balaban J connectivity index is 1.92. The van der Waals surface area contributed by atoms with Gasteiger partial charge in [-0.2, -0.15) is 0 Å². The maximum atomic E-state index is 12.0. The lowest BCUT2D eigenvalue weighted by Gasteiger charge is -2.25. The lowest BCUT2D eigenvalue weighted by molar-refractivity contribution is -0.147. The highest BCUT2D eigenvalue weighted by molar-refractivity contribution is 5.87. The van der Waals surface area contributed by atoms with Gasteiger partial charge in [0.05, 0.1) is 0 Å². The van der Waals surface area contributed by atoms with Crippen molar-refractivity contribution < 1.29 is 14.7 Å². The average molecular weight is 275 g/mol. The molecule has 0 aromatic heterocycles. The first-order valence-electron chi connectivity index (χ1n) is 7.12. The monoisotopic (exact) mass is 275 g/mol. The molecule has 4 nitrogen and oxygen atoms in total. The smallest absolute Gasteiger partial charge is 0.329 e. The Bertz CT molecular complexity index is 504. The molecule has 0 bridgehead atoms. The SMILES string of the molecule is Cc1ccccc1CCC(=O)NC1(C(=O)O)CCCC1. The summed E-state index contributed by atoms with van der Waals surface area (Å²) in [5.41, 5.74) is 1.27. The van der Waals surface area contributed by atoms with E-state index >= 15 is 0 Å². The van der Waals surface area contributed by atoms with Gasteiger partial charge in [0.2, 0.25) is 5.91 Å². The molecule has 0 atom stereocenters. The van der Waals surface area contributed by atoms with Crippen LogP contribution in [0.3, 0.4) is 0 Å². The van der Waals surface area contributed by atoms with Crippen LogP contribution in [0.1, 0.15) is 43.2 Å². The third-order valence-electron chi connectivity index (χ3n) is 4.13. The number of nitrogens with one attached hydrogen (secondary N) is 1. The number of aryl methyl sites for hydroxylation is 2. The maximum Gasteiger partial charge on any atom is 0.329 e. The largest absolute Gasteiger partial charge is 0.480 e. The molecule has 2 N–H and O–H groups in total. The summed E-state index contributed by atoms with van der Waals surface area (Å²) in [6.07, 6.45) is 3.79. The van der Waals surface area contributed by atoms with Gasteiger partial charge >= 0.3 is 5.97 Å². The Labute approximate surface area is 119 Å². The standard InChI is InChI=1S/C16H21NO3/c1-12-6-2-3-7-13(12)8-9-14(18)17-16(15(19)20)10-4-5-11-16/h2-3,6-7H,4-5,8-11H2,1H3,(H,17,18)(H,19,20). The summed E-state index contributed by atoms with van der Waals surface area (Å²) in [6, 6.07) is 7.95. The normalized spacial score (nSPS) is 16.9. The zero-order chi connectivity index (χ0) is 14.6. The summed E-state index contributed by atoms with van der Waals surface area (Å²) in [7, 11) is 0. The van der Waals surface area contributed by atoms with Gasteiger partial charge in [0.15, 0.2) is 0 Å². The minimum absolute atomic E-state index is 0.169. The van der Waals surface area contributed by atoms with E-state index in [2.05, 4.69) is 5.32 Å². The molecule has 20 heavy (non-hydrogen) atoms. The van der Waals surface area contributed by atoms with Crippen molar-refractivity contribution in [2.75, 3.05) is 0 Å². The number of benzene rings is 1. The zero-order valence-corrected chi connectivity index (χ0v) is 11.8. The molecular weight excluding hydrogens is 254 g/mol. The molecule has 0 saturated heterocycles. The van der Waals surface area contributed by atoms with E-state index in [4.69, 9.17) is 0 Å². The van der Waals surface area contributed by atoms with Crippen molar-refractivity contribution in [3.8, 4) is 0 Å². The molecule has 1 aromatic rings. The van der Waals surface area contributed by atoms with E-state index in [0.717, 1.165) is 24.0 Å². The second-order valence-electron chi connectivity index (χ2n) is 5.57. The third-order valence-corrected chi connectivity index (χ3v) is 4.13. The minimum atomic E-state index is -1.02. The van der Waals surface area contributed by atoms with Crippen LogP contribution in [-0.4, -0.2) is 22.5 Å². The first kappa shape index (κ1) is 14.6. The van der Waals surface area contributed by atoms with E-state index in [0.29, 0.717) is 25.7 Å². The van der Waals surface area contributed by atoms with Crippen molar-refractivity contribution in [3.05, 3.63) is 35.4 Å². The van der Waals surface area contributed by atoms with Crippen LogP contribution >= 0.6 is 0 Å². The number of carboxylic acid groups (broad SMARTS) is 1. The number of hydrogen-bond donors (Lipinski definition) is 2. The summed E-state index contributed by atoms with van der Waals surface area (Å²) in [6.45, 7) is 2.02. The summed E-state index contributed by atoms with van der Waals surface area (Å²) < 4.78 is 0. The highest BCUT2D eigenvalue weighted by Crippen LogP contribution is 2.30. The van der Waals surface area contributed by atoms with Gasteiger partial charge in [-0.05, 0) is 37.3 Å². The quantitative estimate of drug-likeness (QED) is 0.867. The number of hydrogen-bond acceptors (Lipinski definition) is 2. The van der Waals surface area contributed by atoms with Crippen LogP contribution in [-0.2, 0) is 16.0 Å². The molecule has 4 heteroatoms. The van der Waals surface area contributed by atoms with E-state index < -0.39 is 11.5 Å². The molecule has 0 heterocycles. The fourth-order valence-corrected chi connectivity index (χ4v) is 2.84. The second kappa shape index (κ2) is 6.07. The van der Waals surface area contributed by atoms with E-state index in [1.54, 1.807) is 0 Å². The van der Waals surface area contributed by atoms with Crippen LogP contribution in [0.4, 0.5) is 0 Å². The van der Waals surface area contributed by atoms with Crippen molar-refractivity contribution in [1.82, 2.24) is 5.32 Å². The first-order chi connectivity index (χ1) is 9.53. The maximum absolute atomic E-state index is 12.0. The Morgan fingerprint density at radius 1 is 1.25 bits per heavy atom. The molecule has 1 aliphatic carbocycles. The highest BCUT2D eigenvalue weighted by atomic mass is 16.4. The van der Waals surface area contributed by atoms with Crippen molar-refractivity contribution >= 4 is 11.9 Å². The first-order valence-corrected chi connectivity index (χ1v) is 7.12. The Morgan fingerprint density at radius 2 is 1.90 bits per heavy atom. The number of carbonyl (C=O) groups excluding carboxylic acids is 1. The number of aliphatic carboxylic acids is 1. The molecule has 0 radical (unpaired) electrons. The Hall–Kier alpha value is -1.84. The molecule has 1 fully saturated rings. The number of rotatable bonds is 5. The van der Waals surface area contributed by atoms with Gasteiger partial charge in [-0.3, -0.25) is 4.79 Å². The molecule has 1 aliphatic rings. The molecular formula is C16H21NO3. The topological polar surface area (TPSA) is 66.4 Å². The molecule has 1 amide bonds. The van der Waals surface area contributed by atoms with Crippen molar-refractivity contribution in [3.63, 3.8) is 0 Å².